The molecule has 1 aromatic carbocycles. The number of nitrogens with two attached hydrogens (primary N) is 1. The Bertz CT molecular complexity index is 956. The van der Waals surface area contributed by atoms with E-state index in [9.17, 15) is 19.8 Å². The van der Waals surface area contributed by atoms with Gasteiger partial charge in [-0.1, -0.05) is 16.9 Å². The smallest absolute Gasteiger partial charge is 0.443 e. The maximum absolute atomic E-state index is 13.2. The highest BCUT2D eigenvalue weighted by Crippen LogP contribution is 2.40. The molecule has 10 nitrogen and oxygen atoms in total. The molecule has 1 aliphatic heterocycles. The van der Waals surface area contributed by atoms with Gasteiger partial charge in [0.05, 0.1) is 21.3 Å². The third-order valence-corrected chi connectivity index (χ3v) is 3.56. The van der Waals surface area contributed by atoms with Crippen molar-refractivity contribution in [2.24, 2.45) is 5.73 Å². The number of hydrogen-bond acceptors (Lipinski definition) is 8. The van der Waals surface area contributed by atoms with Crippen LogP contribution in [0.5, 0.6) is 0 Å². The molecule has 25 heavy (non-hydrogen) atoms. The van der Waals surface area contributed by atoms with E-state index in [1.165, 1.54) is 24.3 Å². The van der Waals surface area contributed by atoms with Crippen LogP contribution in [-0.4, -0.2) is 25.1 Å². The molecule has 3 rings (SSSR count). The highest BCUT2D eigenvalue weighted by atomic mass is 19.1. The second kappa shape index (κ2) is 6.00. The fraction of sp³-hybridized carbons (Fsp3) is 0.143. The Labute approximate surface area is 139 Å². The van der Waals surface area contributed by atoms with E-state index in [0.29, 0.717) is 5.56 Å². The average molecular weight is 343 g/mol. The quantitative estimate of drug-likeness (QED) is 0.650. The van der Waals surface area contributed by atoms with Crippen molar-refractivity contribution in [3.63, 3.8) is 0 Å². The lowest BCUT2D eigenvalue weighted by Gasteiger charge is -2.25. The third kappa shape index (κ3) is 2.76. The van der Waals surface area contributed by atoms with Crippen LogP contribution in [-0.2, 0) is 4.74 Å². The van der Waals surface area contributed by atoms with E-state index in [-0.39, 0.29) is 22.9 Å². The molecule has 0 fully saturated rings. The van der Waals surface area contributed by atoms with Crippen LogP contribution in [0.4, 0.5) is 10.3 Å². The van der Waals surface area contributed by atoms with Crippen molar-refractivity contribution in [1.82, 2.24) is 20.2 Å². The molecule has 1 aromatic heterocycles. The highest BCUT2D eigenvalue weighted by molar-refractivity contribution is 5.66. The van der Waals surface area contributed by atoms with Crippen molar-refractivity contribution < 1.29 is 14.1 Å². The lowest BCUT2D eigenvalue weighted by molar-refractivity contribution is -0.394. The Hall–Kier alpha value is -3.81. The van der Waals surface area contributed by atoms with Gasteiger partial charge in [-0.3, -0.25) is 0 Å². The van der Waals surface area contributed by atoms with Gasteiger partial charge in [0.1, 0.15) is 28.9 Å². The van der Waals surface area contributed by atoms with Gasteiger partial charge in [-0.2, -0.15) is 5.26 Å². The topological polar surface area (TPSA) is 146 Å². The first-order chi connectivity index (χ1) is 11.9. The maximum atomic E-state index is 13.2. The Balaban J connectivity index is 2.18. The number of allylic oxidation sites excluding steroid dienone is 3. The summed E-state index contributed by atoms with van der Waals surface area (Å²) in [6.07, 6.45) is 0. The third-order valence-electron chi connectivity index (χ3n) is 3.56. The minimum Gasteiger partial charge on any atom is -0.443 e. The number of halogens is 1. The van der Waals surface area contributed by atoms with Crippen LogP contribution in [0.1, 0.15) is 18.4 Å². The van der Waals surface area contributed by atoms with Gasteiger partial charge in [-0.15, -0.1) is 0 Å². The van der Waals surface area contributed by atoms with Crippen molar-refractivity contribution in [1.29, 1.82) is 5.26 Å². The largest absolute Gasteiger partial charge is 0.515 e. The Morgan fingerprint density at radius 2 is 2.12 bits per heavy atom. The van der Waals surface area contributed by atoms with Crippen molar-refractivity contribution >= 4 is 11.6 Å². The minimum atomic E-state index is -0.800. The fourth-order valence-electron chi connectivity index (χ4n) is 2.49. The lowest BCUT2D eigenvalue weighted by Crippen LogP contribution is -2.23. The van der Waals surface area contributed by atoms with Crippen LogP contribution in [0.3, 0.4) is 0 Å². The molecule has 0 spiro atoms. The van der Waals surface area contributed by atoms with E-state index in [4.69, 9.17) is 10.5 Å². The average Bonchev–Trinajstić information content (AvgIpc) is 3.05. The minimum absolute atomic E-state index is 0.0483. The van der Waals surface area contributed by atoms with Gasteiger partial charge in [0, 0.05) is 0 Å². The Morgan fingerprint density at radius 1 is 1.44 bits per heavy atom. The molecule has 0 radical (unpaired) electrons. The molecule has 1 atom stereocenters. The van der Waals surface area contributed by atoms with E-state index in [1.54, 1.807) is 6.92 Å². The van der Waals surface area contributed by atoms with Gasteiger partial charge < -0.3 is 20.6 Å². The molecule has 11 heteroatoms. The summed E-state index contributed by atoms with van der Waals surface area (Å²) in [5.41, 5.74) is 6.57. The van der Waals surface area contributed by atoms with E-state index < -0.39 is 22.6 Å². The molecule has 0 amide bonds. The zero-order valence-corrected chi connectivity index (χ0v) is 12.8. The summed E-state index contributed by atoms with van der Waals surface area (Å²) in [5.74, 6) is -1.85. The van der Waals surface area contributed by atoms with E-state index in [0.717, 1.165) is 4.80 Å². The van der Waals surface area contributed by atoms with Crippen LogP contribution in [0.15, 0.2) is 41.5 Å². The molecule has 1 unspecified atom stereocenters. The van der Waals surface area contributed by atoms with Crippen LogP contribution in [0.2, 0.25) is 0 Å². The van der Waals surface area contributed by atoms with Crippen molar-refractivity contribution in [3.8, 4) is 6.07 Å². The van der Waals surface area contributed by atoms with E-state index in [1.807, 2.05) is 6.07 Å². The molecule has 126 valence electrons. The summed E-state index contributed by atoms with van der Waals surface area (Å²) < 4.78 is 18.6. The molecular formula is C14H10FN7O3. The first-order valence-electron chi connectivity index (χ1n) is 6.91. The number of nitro groups is 1. The number of ether oxygens (including phenoxy) is 1. The first-order valence-corrected chi connectivity index (χ1v) is 6.91. The van der Waals surface area contributed by atoms with Gasteiger partial charge in [0.25, 0.3) is 0 Å². The number of nitrogens with zero attached hydrogens (tertiary/aromatic N) is 6. The summed E-state index contributed by atoms with van der Waals surface area (Å²) in [6, 6.07) is 7.32. The predicted molar refractivity (Wildman–Crippen MR) is 80.4 cm³/mol. The van der Waals surface area contributed by atoms with E-state index >= 15 is 0 Å². The van der Waals surface area contributed by atoms with Crippen LogP contribution >= 0.6 is 0 Å². The molecule has 2 N–H and O–H groups in total. The van der Waals surface area contributed by atoms with Crippen molar-refractivity contribution in [3.05, 3.63) is 63.0 Å². The molecule has 0 aliphatic carbocycles. The predicted octanol–water partition coefficient (Wildman–Crippen LogP) is 1.42. The number of aromatic nitrogens is 4. The Morgan fingerprint density at radius 3 is 2.68 bits per heavy atom. The van der Waals surface area contributed by atoms with Gasteiger partial charge in [-0.25, -0.2) is 4.39 Å². The molecule has 0 saturated carbocycles. The zero-order valence-electron chi connectivity index (χ0n) is 12.8. The van der Waals surface area contributed by atoms with Crippen molar-refractivity contribution in [2.45, 2.75) is 12.8 Å². The zero-order chi connectivity index (χ0) is 18.1. The highest BCUT2D eigenvalue weighted by Gasteiger charge is 2.36. The summed E-state index contributed by atoms with van der Waals surface area (Å²) in [7, 11) is 0. The van der Waals surface area contributed by atoms with Crippen LogP contribution < -0.4 is 5.73 Å². The van der Waals surface area contributed by atoms with Crippen molar-refractivity contribution in [2.75, 3.05) is 0 Å². The summed E-state index contributed by atoms with van der Waals surface area (Å²) in [4.78, 5) is 10.9. The fourth-order valence-corrected chi connectivity index (χ4v) is 2.49. The standard InChI is InChI=1S/C14H10FN7O3/c1-7-12(21-19-14(18-20-21)22(23)24)11(10(6-16)13(17)25-7)8-2-4-9(15)5-3-8/h2-5,11H,17H2,1H3. The Kier molecular flexibility index (Phi) is 3.86. The summed E-state index contributed by atoms with van der Waals surface area (Å²) in [6.45, 7) is 1.54. The van der Waals surface area contributed by atoms with Crippen LogP contribution in [0, 0.1) is 27.3 Å². The molecular weight excluding hydrogens is 333 g/mol. The van der Waals surface area contributed by atoms with Gasteiger partial charge in [0.15, 0.2) is 0 Å². The molecule has 1 aliphatic rings. The van der Waals surface area contributed by atoms with Gasteiger partial charge >= 0.3 is 5.95 Å². The summed E-state index contributed by atoms with van der Waals surface area (Å²) >= 11 is 0. The first kappa shape index (κ1) is 16.1. The number of hydrogen-bond donors (Lipinski definition) is 1. The number of nitriles is 1. The molecule has 0 bridgehead atoms. The van der Waals surface area contributed by atoms with E-state index in [2.05, 4.69) is 15.4 Å². The second-order valence-electron chi connectivity index (χ2n) is 5.05. The number of tetrazole rings is 1. The lowest BCUT2D eigenvalue weighted by atomic mass is 9.87. The summed E-state index contributed by atoms with van der Waals surface area (Å²) in [5, 5.41) is 30.9. The molecule has 2 heterocycles. The number of benzene rings is 1. The molecule has 2 aromatic rings. The second-order valence-corrected chi connectivity index (χ2v) is 5.05. The maximum Gasteiger partial charge on any atom is 0.515 e. The van der Waals surface area contributed by atoms with Gasteiger partial charge in [0.2, 0.25) is 5.88 Å². The number of rotatable bonds is 3. The normalized spacial score (nSPS) is 17.2. The SMILES string of the molecule is CC1=C(n2nnc([N+](=O)[O-])n2)C(c2ccc(F)cc2)C(C#N)=C(N)O1. The molecule has 0 saturated heterocycles. The van der Waals surface area contributed by atoms with Gasteiger partial charge in [-0.05, 0) is 29.5 Å². The van der Waals surface area contributed by atoms with Crippen LogP contribution in [0.25, 0.3) is 5.70 Å². The monoisotopic (exact) mass is 343 g/mol.